The summed E-state index contributed by atoms with van der Waals surface area (Å²) in [6, 6.07) is 0. The maximum Gasteiger partial charge on any atom is 0.105 e. The minimum absolute atomic E-state index is 0.266. The van der Waals surface area contributed by atoms with E-state index >= 15 is 0 Å². The van der Waals surface area contributed by atoms with E-state index in [1.165, 1.54) is 0 Å². The van der Waals surface area contributed by atoms with Crippen molar-refractivity contribution >= 4 is 5.84 Å². The highest BCUT2D eigenvalue weighted by molar-refractivity contribution is 5.78. The van der Waals surface area contributed by atoms with Gasteiger partial charge in [0.15, 0.2) is 0 Å². The summed E-state index contributed by atoms with van der Waals surface area (Å²) in [4.78, 5) is 4.72. The average molecular weight is 198 g/mol. The second kappa shape index (κ2) is 4.28. The van der Waals surface area contributed by atoms with Crippen molar-refractivity contribution in [2.75, 3.05) is 32.7 Å². The molecule has 0 aliphatic carbocycles. The molecule has 1 aliphatic rings. The summed E-state index contributed by atoms with van der Waals surface area (Å²) < 4.78 is 0. The van der Waals surface area contributed by atoms with Crippen LogP contribution in [-0.4, -0.2) is 53.9 Å². The van der Waals surface area contributed by atoms with Gasteiger partial charge in [0.1, 0.15) is 5.84 Å². The lowest BCUT2D eigenvalue weighted by atomic mass is 10.1. The lowest BCUT2D eigenvalue weighted by Crippen LogP contribution is -2.54. The Morgan fingerprint density at radius 2 is 1.71 bits per heavy atom. The molecule has 0 atom stereocenters. The molecule has 1 fully saturated rings. The van der Waals surface area contributed by atoms with Crippen LogP contribution in [0.1, 0.15) is 20.8 Å². The molecule has 0 bridgehead atoms. The Hall–Kier alpha value is -0.610. The van der Waals surface area contributed by atoms with Crippen LogP contribution in [0.15, 0.2) is 0 Å². The zero-order chi connectivity index (χ0) is 10.8. The standard InChI is InChI=1S/C10H22N4/c1-10(2,3)14-6-4-13(5-7-14)8-9(11)12/h4-8H2,1-3H3,(H3,11,12). The zero-order valence-corrected chi connectivity index (χ0v) is 9.51. The van der Waals surface area contributed by atoms with E-state index in [1.807, 2.05) is 0 Å². The predicted molar refractivity (Wildman–Crippen MR) is 59.7 cm³/mol. The Kier molecular flexibility index (Phi) is 3.50. The maximum absolute atomic E-state index is 7.23. The third-order valence-electron chi connectivity index (χ3n) is 2.71. The number of hydrogen-bond acceptors (Lipinski definition) is 3. The summed E-state index contributed by atoms with van der Waals surface area (Å²) in [5.74, 6) is 0.272. The predicted octanol–water partition coefficient (Wildman–Crippen LogP) is 0.338. The molecule has 0 radical (unpaired) electrons. The van der Waals surface area contributed by atoms with Gasteiger partial charge in [0.25, 0.3) is 0 Å². The Bertz CT molecular complexity index is 199. The zero-order valence-electron chi connectivity index (χ0n) is 9.51. The van der Waals surface area contributed by atoms with Crippen LogP contribution in [0.3, 0.4) is 0 Å². The molecule has 0 aromatic carbocycles. The van der Waals surface area contributed by atoms with Gasteiger partial charge in [-0.3, -0.25) is 15.2 Å². The van der Waals surface area contributed by atoms with Crippen molar-refractivity contribution in [1.82, 2.24) is 9.80 Å². The highest BCUT2D eigenvalue weighted by Crippen LogP contribution is 2.15. The van der Waals surface area contributed by atoms with E-state index in [1.54, 1.807) is 0 Å². The molecule has 82 valence electrons. The monoisotopic (exact) mass is 198 g/mol. The second-order valence-corrected chi connectivity index (χ2v) is 4.96. The van der Waals surface area contributed by atoms with Crippen LogP contribution in [0.4, 0.5) is 0 Å². The van der Waals surface area contributed by atoms with Crippen molar-refractivity contribution in [2.45, 2.75) is 26.3 Å². The first-order valence-electron chi connectivity index (χ1n) is 5.20. The third-order valence-corrected chi connectivity index (χ3v) is 2.71. The molecule has 3 N–H and O–H groups in total. The van der Waals surface area contributed by atoms with Crippen LogP contribution < -0.4 is 5.73 Å². The smallest absolute Gasteiger partial charge is 0.105 e. The summed E-state index contributed by atoms with van der Waals surface area (Å²) in [5.41, 5.74) is 5.64. The van der Waals surface area contributed by atoms with E-state index in [0.29, 0.717) is 6.54 Å². The van der Waals surface area contributed by atoms with Gasteiger partial charge >= 0.3 is 0 Å². The molecule has 0 aromatic heterocycles. The van der Waals surface area contributed by atoms with E-state index in [0.717, 1.165) is 26.2 Å². The number of nitrogens with two attached hydrogens (primary N) is 1. The van der Waals surface area contributed by atoms with Crippen LogP contribution in [0.2, 0.25) is 0 Å². The third kappa shape index (κ3) is 3.27. The van der Waals surface area contributed by atoms with Gasteiger partial charge in [0, 0.05) is 31.7 Å². The topological polar surface area (TPSA) is 56.4 Å². The van der Waals surface area contributed by atoms with Gasteiger partial charge in [-0.2, -0.15) is 0 Å². The van der Waals surface area contributed by atoms with Crippen LogP contribution in [-0.2, 0) is 0 Å². The highest BCUT2D eigenvalue weighted by Gasteiger charge is 2.25. The number of piperazine rings is 1. The summed E-state index contributed by atoms with van der Waals surface area (Å²) in [7, 11) is 0. The molecule has 1 rings (SSSR count). The number of amidine groups is 1. The van der Waals surface area contributed by atoms with Crippen molar-refractivity contribution in [2.24, 2.45) is 5.73 Å². The molecule has 1 aliphatic heterocycles. The molecule has 4 nitrogen and oxygen atoms in total. The Labute approximate surface area is 86.6 Å². The lowest BCUT2D eigenvalue weighted by Gasteiger charge is -2.42. The van der Waals surface area contributed by atoms with E-state index in [4.69, 9.17) is 11.1 Å². The Morgan fingerprint density at radius 3 is 2.07 bits per heavy atom. The molecule has 1 heterocycles. The van der Waals surface area contributed by atoms with Crippen LogP contribution in [0.25, 0.3) is 0 Å². The van der Waals surface area contributed by atoms with E-state index in [-0.39, 0.29) is 11.4 Å². The first kappa shape index (κ1) is 11.5. The number of hydrogen-bond donors (Lipinski definition) is 2. The lowest BCUT2D eigenvalue weighted by molar-refractivity contribution is 0.0690. The quantitative estimate of drug-likeness (QED) is 0.497. The number of nitrogens with one attached hydrogen (secondary N) is 1. The SMILES string of the molecule is CC(C)(C)N1CCN(CC(=N)N)CC1. The molecule has 0 aromatic rings. The average Bonchev–Trinajstić information content (AvgIpc) is 2.02. The van der Waals surface area contributed by atoms with E-state index in [9.17, 15) is 0 Å². The molecular formula is C10H22N4. The van der Waals surface area contributed by atoms with Gasteiger partial charge in [0.2, 0.25) is 0 Å². The van der Waals surface area contributed by atoms with E-state index < -0.39 is 0 Å². The highest BCUT2D eigenvalue weighted by atomic mass is 15.3. The van der Waals surface area contributed by atoms with Crippen LogP contribution in [0, 0.1) is 5.41 Å². The fourth-order valence-electron chi connectivity index (χ4n) is 1.82. The van der Waals surface area contributed by atoms with Crippen molar-refractivity contribution in [1.29, 1.82) is 5.41 Å². The van der Waals surface area contributed by atoms with Gasteiger partial charge in [-0.15, -0.1) is 0 Å². The van der Waals surface area contributed by atoms with Crippen molar-refractivity contribution < 1.29 is 0 Å². The van der Waals surface area contributed by atoms with Gasteiger partial charge in [-0.1, -0.05) is 0 Å². The minimum Gasteiger partial charge on any atom is -0.387 e. The van der Waals surface area contributed by atoms with Gasteiger partial charge < -0.3 is 5.73 Å². The molecule has 14 heavy (non-hydrogen) atoms. The first-order chi connectivity index (χ1) is 6.39. The molecule has 0 amide bonds. The fraction of sp³-hybridized carbons (Fsp3) is 0.900. The van der Waals surface area contributed by atoms with Crippen molar-refractivity contribution in [3.8, 4) is 0 Å². The molecule has 0 spiro atoms. The second-order valence-electron chi connectivity index (χ2n) is 4.96. The normalized spacial score (nSPS) is 21.1. The van der Waals surface area contributed by atoms with Crippen LogP contribution >= 0.6 is 0 Å². The van der Waals surface area contributed by atoms with Gasteiger partial charge in [-0.05, 0) is 20.8 Å². The maximum atomic E-state index is 7.23. The van der Waals surface area contributed by atoms with Gasteiger partial charge in [0.05, 0.1) is 6.54 Å². The molecule has 4 heteroatoms. The summed E-state index contributed by atoms with van der Waals surface area (Å²) in [5, 5.41) is 7.23. The Morgan fingerprint density at radius 1 is 1.21 bits per heavy atom. The largest absolute Gasteiger partial charge is 0.387 e. The van der Waals surface area contributed by atoms with Crippen molar-refractivity contribution in [3.63, 3.8) is 0 Å². The summed E-state index contributed by atoms with van der Waals surface area (Å²) in [6.07, 6.45) is 0. The molecule has 1 saturated heterocycles. The van der Waals surface area contributed by atoms with E-state index in [2.05, 4.69) is 30.6 Å². The number of nitrogens with zero attached hydrogens (tertiary/aromatic N) is 2. The summed E-state index contributed by atoms with van der Waals surface area (Å²) in [6.45, 7) is 11.6. The molecule has 0 unspecified atom stereocenters. The summed E-state index contributed by atoms with van der Waals surface area (Å²) >= 11 is 0. The fourth-order valence-corrected chi connectivity index (χ4v) is 1.82. The van der Waals surface area contributed by atoms with Gasteiger partial charge in [-0.25, -0.2) is 0 Å². The molecular weight excluding hydrogens is 176 g/mol. The van der Waals surface area contributed by atoms with Crippen molar-refractivity contribution in [3.05, 3.63) is 0 Å². The Balaban J connectivity index is 2.35. The molecule has 0 saturated carbocycles. The first-order valence-corrected chi connectivity index (χ1v) is 5.20. The number of rotatable bonds is 2. The minimum atomic E-state index is 0.266. The van der Waals surface area contributed by atoms with Crippen LogP contribution in [0.5, 0.6) is 0 Å².